The standard InChI is InChI=1S/C10H16F3NS/c1-2-3-4-5-6-7-9(15-8-14)10(11,12)13/h9H,2-7H2,1H3. The molecule has 0 saturated heterocycles. The van der Waals surface area contributed by atoms with Gasteiger partial charge in [0.25, 0.3) is 0 Å². The molecule has 5 heteroatoms. The summed E-state index contributed by atoms with van der Waals surface area (Å²) in [6.45, 7) is 2.06. The van der Waals surface area contributed by atoms with Gasteiger partial charge in [0.15, 0.2) is 0 Å². The zero-order valence-corrected chi connectivity index (χ0v) is 9.63. The minimum Gasteiger partial charge on any atom is -0.185 e. The second-order valence-electron chi connectivity index (χ2n) is 3.44. The maximum absolute atomic E-state index is 12.3. The molecule has 0 saturated carbocycles. The third-order valence-corrected chi connectivity index (χ3v) is 3.02. The van der Waals surface area contributed by atoms with Crippen molar-refractivity contribution in [1.29, 1.82) is 5.26 Å². The molecule has 0 aromatic rings. The van der Waals surface area contributed by atoms with Crippen LogP contribution < -0.4 is 0 Å². The lowest BCUT2D eigenvalue weighted by Crippen LogP contribution is -2.25. The first-order valence-corrected chi connectivity index (χ1v) is 6.01. The van der Waals surface area contributed by atoms with Gasteiger partial charge >= 0.3 is 6.18 Å². The van der Waals surface area contributed by atoms with Crippen LogP contribution in [0.2, 0.25) is 0 Å². The molecule has 0 aliphatic rings. The maximum Gasteiger partial charge on any atom is 0.401 e. The number of nitriles is 1. The molecule has 0 radical (unpaired) electrons. The first kappa shape index (κ1) is 14.6. The summed E-state index contributed by atoms with van der Waals surface area (Å²) in [6.07, 6.45) is 0.331. The van der Waals surface area contributed by atoms with E-state index in [1.165, 1.54) is 5.40 Å². The van der Waals surface area contributed by atoms with E-state index in [9.17, 15) is 13.2 Å². The number of thioether (sulfide) groups is 1. The Morgan fingerprint density at radius 2 is 1.80 bits per heavy atom. The van der Waals surface area contributed by atoms with Gasteiger partial charge in [-0.2, -0.15) is 18.4 Å². The highest BCUT2D eigenvalue weighted by Gasteiger charge is 2.39. The van der Waals surface area contributed by atoms with Crippen LogP contribution in [0.3, 0.4) is 0 Å². The summed E-state index contributed by atoms with van der Waals surface area (Å²) in [5.74, 6) is 0. The fourth-order valence-corrected chi connectivity index (χ4v) is 1.83. The highest BCUT2D eigenvalue weighted by atomic mass is 32.2. The molecule has 1 nitrogen and oxygen atoms in total. The zero-order chi connectivity index (χ0) is 11.7. The molecule has 0 bridgehead atoms. The van der Waals surface area contributed by atoms with Crippen LogP contribution in [0.5, 0.6) is 0 Å². The van der Waals surface area contributed by atoms with Crippen molar-refractivity contribution in [3.05, 3.63) is 0 Å². The van der Waals surface area contributed by atoms with Crippen LogP contribution in [0.15, 0.2) is 0 Å². The van der Waals surface area contributed by atoms with Crippen molar-refractivity contribution in [2.45, 2.75) is 56.9 Å². The van der Waals surface area contributed by atoms with Gasteiger partial charge in [0.2, 0.25) is 0 Å². The van der Waals surface area contributed by atoms with Crippen molar-refractivity contribution in [1.82, 2.24) is 0 Å². The molecule has 1 unspecified atom stereocenters. The topological polar surface area (TPSA) is 23.8 Å². The summed E-state index contributed by atoms with van der Waals surface area (Å²) in [7, 11) is 0. The molecule has 0 aliphatic carbocycles. The van der Waals surface area contributed by atoms with Crippen LogP contribution in [0.4, 0.5) is 13.2 Å². The molecule has 0 heterocycles. The fourth-order valence-electron chi connectivity index (χ4n) is 1.29. The molecule has 15 heavy (non-hydrogen) atoms. The number of unbranched alkanes of at least 4 members (excludes halogenated alkanes) is 4. The van der Waals surface area contributed by atoms with Crippen LogP contribution in [0.1, 0.15) is 45.4 Å². The smallest absolute Gasteiger partial charge is 0.185 e. The quantitative estimate of drug-likeness (QED) is 0.482. The third kappa shape index (κ3) is 7.55. The van der Waals surface area contributed by atoms with Gasteiger partial charge in [-0.05, 0) is 18.2 Å². The minimum absolute atomic E-state index is 0.0610. The molecule has 0 amide bonds. The van der Waals surface area contributed by atoms with E-state index in [1.54, 1.807) is 0 Å². The Kier molecular flexibility index (Phi) is 7.67. The highest BCUT2D eigenvalue weighted by molar-refractivity contribution is 8.04. The average Bonchev–Trinajstić information content (AvgIpc) is 2.14. The van der Waals surface area contributed by atoms with Crippen LogP contribution in [0.25, 0.3) is 0 Å². The Morgan fingerprint density at radius 3 is 2.27 bits per heavy atom. The van der Waals surface area contributed by atoms with E-state index in [4.69, 9.17) is 5.26 Å². The van der Waals surface area contributed by atoms with Crippen LogP contribution >= 0.6 is 11.8 Å². The van der Waals surface area contributed by atoms with Crippen molar-refractivity contribution in [3.8, 4) is 5.40 Å². The number of nitrogens with zero attached hydrogens (tertiary/aromatic N) is 1. The van der Waals surface area contributed by atoms with Gasteiger partial charge < -0.3 is 0 Å². The molecular formula is C10H16F3NS. The van der Waals surface area contributed by atoms with Crippen LogP contribution in [-0.2, 0) is 0 Å². The van der Waals surface area contributed by atoms with E-state index in [0.717, 1.165) is 25.7 Å². The molecule has 0 aromatic heterocycles. The second kappa shape index (κ2) is 7.86. The number of hydrogen-bond acceptors (Lipinski definition) is 2. The predicted octanol–water partition coefficient (Wildman–Crippen LogP) is 4.49. The number of thiocyanates is 1. The molecule has 88 valence electrons. The number of rotatable bonds is 7. The molecule has 0 aliphatic heterocycles. The molecule has 0 spiro atoms. The van der Waals surface area contributed by atoms with Crippen molar-refractivity contribution < 1.29 is 13.2 Å². The number of hydrogen-bond donors (Lipinski definition) is 0. The zero-order valence-electron chi connectivity index (χ0n) is 8.81. The van der Waals surface area contributed by atoms with E-state index >= 15 is 0 Å². The summed E-state index contributed by atoms with van der Waals surface area (Å²) in [6, 6.07) is 0. The largest absolute Gasteiger partial charge is 0.401 e. The molecular weight excluding hydrogens is 223 g/mol. The second-order valence-corrected chi connectivity index (χ2v) is 4.43. The van der Waals surface area contributed by atoms with Gasteiger partial charge in [0, 0.05) is 0 Å². The lowest BCUT2D eigenvalue weighted by Gasteiger charge is -2.16. The fraction of sp³-hybridized carbons (Fsp3) is 0.900. The van der Waals surface area contributed by atoms with Crippen LogP contribution in [0, 0.1) is 10.7 Å². The highest BCUT2D eigenvalue weighted by Crippen LogP contribution is 2.33. The lowest BCUT2D eigenvalue weighted by atomic mass is 10.1. The Labute approximate surface area is 93.0 Å². The minimum atomic E-state index is -4.24. The van der Waals surface area contributed by atoms with Crippen molar-refractivity contribution in [2.75, 3.05) is 0 Å². The Balaban J connectivity index is 3.73. The van der Waals surface area contributed by atoms with E-state index < -0.39 is 11.4 Å². The van der Waals surface area contributed by atoms with Gasteiger partial charge in [0.05, 0.1) is 0 Å². The first-order valence-electron chi connectivity index (χ1n) is 5.13. The van der Waals surface area contributed by atoms with Gasteiger partial charge in [0.1, 0.15) is 10.7 Å². The predicted molar refractivity (Wildman–Crippen MR) is 56.4 cm³/mol. The van der Waals surface area contributed by atoms with Crippen molar-refractivity contribution in [2.24, 2.45) is 0 Å². The summed E-state index contributed by atoms with van der Waals surface area (Å²) < 4.78 is 36.9. The molecule has 0 rings (SSSR count). The molecule has 0 fully saturated rings. The maximum atomic E-state index is 12.3. The summed E-state index contributed by atoms with van der Waals surface area (Å²) in [5, 5.41) is 8.27. The number of halogens is 3. The van der Waals surface area contributed by atoms with Gasteiger partial charge in [-0.1, -0.05) is 39.0 Å². The first-order chi connectivity index (χ1) is 7.02. The average molecular weight is 239 g/mol. The Morgan fingerprint density at radius 1 is 1.20 bits per heavy atom. The van der Waals surface area contributed by atoms with E-state index in [2.05, 4.69) is 6.92 Å². The van der Waals surface area contributed by atoms with E-state index in [0.29, 0.717) is 18.2 Å². The lowest BCUT2D eigenvalue weighted by molar-refractivity contribution is -0.129. The molecule has 1 atom stereocenters. The van der Waals surface area contributed by atoms with Gasteiger partial charge in [-0.25, -0.2) is 0 Å². The summed E-state index contributed by atoms with van der Waals surface area (Å²) in [5.41, 5.74) is 0. The van der Waals surface area contributed by atoms with E-state index in [1.807, 2.05) is 0 Å². The SMILES string of the molecule is CCCCCCCC(SC#N)C(F)(F)F. The normalized spacial score (nSPS) is 13.5. The van der Waals surface area contributed by atoms with Crippen molar-refractivity contribution >= 4 is 11.8 Å². The monoisotopic (exact) mass is 239 g/mol. The third-order valence-electron chi connectivity index (χ3n) is 2.13. The molecule has 0 aromatic carbocycles. The van der Waals surface area contributed by atoms with Gasteiger partial charge in [-0.15, -0.1) is 0 Å². The molecule has 0 N–H and O–H groups in total. The summed E-state index contributed by atoms with van der Waals surface area (Å²) >= 11 is 0.328. The van der Waals surface area contributed by atoms with E-state index in [-0.39, 0.29) is 6.42 Å². The Bertz CT molecular complexity index is 198. The van der Waals surface area contributed by atoms with Crippen LogP contribution in [-0.4, -0.2) is 11.4 Å². The van der Waals surface area contributed by atoms with Crippen molar-refractivity contribution in [3.63, 3.8) is 0 Å². The number of alkyl halides is 3. The Hall–Kier alpha value is -0.370. The summed E-state index contributed by atoms with van der Waals surface area (Å²) in [4.78, 5) is 0. The van der Waals surface area contributed by atoms with Gasteiger partial charge in [-0.3, -0.25) is 0 Å².